The number of nitrogens with zero attached hydrogens (tertiary/aromatic N) is 2. The van der Waals surface area contributed by atoms with E-state index in [-0.39, 0.29) is 33.2 Å². The number of hydrogen-bond donors (Lipinski definition) is 1. The lowest BCUT2D eigenvalue weighted by Gasteiger charge is -2.09. The zero-order chi connectivity index (χ0) is 15.6. The van der Waals surface area contributed by atoms with E-state index in [1.807, 2.05) is 6.92 Å². The summed E-state index contributed by atoms with van der Waals surface area (Å²) in [6, 6.07) is 6.05. The number of aromatic nitrogens is 1. The van der Waals surface area contributed by atoms with Crippen LogP contribution in [0.4, 0.5) is 11.5 Å². The number of halogens is 2. The molecule has 0 bridgehead atoms. The molecule has 0 aliphatic rings. The van der Waals surface area contributed by atoms with Crippen LogP contribution in [0.5, 0.6) is 11.6 Å². The summed E-state index contributed by atoms with van der Waals surface area (Å²) in [5.41, 5.74) is 6.23. The summed E-state index contributed by atoms with van der Waals surface area (Å²) in [6.07, 6.45) is 0.675. The Bertz CT molecular complexity index is 707. The molecule has 110 valence electrons. The summed E-state index contributed by atoms with van der Waals surface area (Å²) in [6.45, 7) is 1.90. The van der Waals surface area contributed by atoms with Crippen molar-refractivity contribution in [2.24, 2.45) is 0 Å². The lowest BCUT2D eigenvalue weighted by atomic mass is 10.1. The first-order valence-electron chi connectivity index (χ1n) is 5.99. The van der Waals surface area contributed by atoms with Crippen LogP contribution in [0.25, 0.3) is 0 Å². The Kier molecular flexibility index (Phi) is 4.50. The van der Waals surface area contributed by atoms with E-state index in [4.69, 9.17) is 33.7 Å². The van der Waals surface area contributed by atoms with E-state index in [1.165, 1.54) is 18.2 Å². The highest BCUT2D eigenvalue weighted by Gasteiger charge is 2.19. The van der Waals surface area contributed by atoms with E-state index in [9.17, 15) is 10.1 Å². The normalized spacial score (nSPS) is 10.4. The number of nitro groups is 1. The second kappa shape index (κ2) is 6.15. The van der Waals surface area contributed by atoms with Gasteiger partial charge >= 0.3 is 5.69 Å². The number of anilines is 1. The second-order valence-electron chi connectivity index (χ2n) is 4.16. The van der Waals surface area contributed by atoms with Gasteiger partial charge in [-0.1, -0.05) is 36.2 Å². The standard InChI is InChI=1S/C13H11Cl2N3O3/c1-2-7-3-4-11(10(5-7)18(19)20)21-13-9(15)6-8(14)12(16)17-13/h3-6H,2H2,1H3,(H2,16,17). The molecule has 2 aromatic rings. The van der Waals surface area contributed by atoms with Gasteiger partial charge in [0.1, 0.15) is 10.8 Å². The van der Waals surface area contributed by atoms with E-state index in [2.05, 4.69) is 4.98 Å². The van der Waals surface area contributed by atoms with E-state index >= 15 is 0 Å². The van der Waals surface area contributed by atoms with Gasteiger partial charge < -0.3 is 10.5 Å². The van der Waals surface area contributed by atoms with Crippen molar-refractivity contribution in [2.45, 2.75) is 13.3 Å². The predicted molar refractivity (Wildman–Crippen MR) is 81.2 cm³/mol. The Morgan fingerprint density at radius 1 is 1.33 bits per heavy atom. The van der Waals surface area contributed by atoms with Crippen molar-refractivity contribution in [3.63, 3.8) is 0 Å². The first kappa shape index (κ1) is 15.3. The number of ether oxygens (including phenoxy) is 1. The molecule has 0 aliphatic carbocycles. The minimum Gasteiger partial charge on any atom is -0.430 e. The van der Waals surface area contributed by atoms with Crippen LogP contribution < -0.4 is 10.5 Å². The average Bonchev–Trinajstić information content (AvgIpc) is 2.44. The van der Waals surface area contributed by atoms with Crippen LogP contribution in [-0.2, 0) is 6.42 Å². The van der Waals surface area contributed by atoms with Crippen LogP contribution in [-0.4, -0.2) is 9.91 Å². The molecule has 2 rings (SSSR count). The fraction of sp³-hybridized carbons (Fsp3) is 0.154. The zero-order valence-electron chi connectivity index (χ0n) is 11.0. The molecule has 8 heteroatoms. The summed E-state index contributed by atoms with van der Waals surface area (Å²) in [7, 11) is 0. The van der Waals surface area contributed by atoms with Crippen molar-refractivity contribution < 1.29 is 9.66 Å². The average molecular weight is 328 g/mol. The highest BCUT2D eigenvalue weighted by Crippen LogP contribution is 2.36. The molecule has 0 atom stereocenters. The van der Waals surface area contributed by atoms with Gasteiger partial charge in [0.05, 0.1) is 9.95 Å². The molecule has 2 N–H and O–H groups in total. The van der Waals surface area contributed by atoms with Crippen molar-refractivity contribution in [2.75, 3.05) is 5.73 Å². The molecule has 0 saturated carbocycles. The van der Waals surface area contributed by atoms with Gasteiger partial charge in [0.2, 0.25) is 11.6 Å². The van der Waals surface area contributed by atoms with Gasteiger partial charge in [0.25, 0.3) is 0 Å². The highest BCUT2D eigenvalue weighted by molar-refractivity contribution is 6.36. The molecule has 0 aliphatic heterocycles. The molecular formula is C13H11Cl2N3O3. The highest BCUT2D eigenvalue weighted by atomic mass is 35.5. The number of aryl methyl sites for hydroxylation is 1. The molecule has 1 aromatic carbocycles. The maximum atomic E-state index is 11.1. The third kappa shape index (κ3) is 3.34. The van der Waals surface area contributed by atoms with E-state index in [0.717, 1.165) is 5.56 Å². The van der Waals surface area contributed by atoms with Gasteiger partial charge in [0.15, 0.2) is 0 Å². The van der Waals surface area contributed by atoms with Gasteiger partial charge in [-0.3, -0.25) is 10.1 Å². The third-order valence-electron chi connectivity index (χ3n) is 2.76. The monoisotopic (exact) mass is 327 g/mol. The molecular weight excluding hydrogens is 317 g/mol. The number of nitro benzene ring substituents is 1. The molecule has 6 nitrogen and oxygen atoms in total. The first-order chi connectivity index (χ1) is 9.92. The fourth-order valence-corrected chi connectivity index (χ4v) is 2.05. The first-order valence-corrected chi connectivity index (χ1v) is 6.74. The Morgan fingerprint density at radius 2 is 2.05 bits per heavy atom. The van der Waals surface area contributed by atoms with Gasteiger partial charge in [-0.05, 0) is 24.1 Å². The largest absolute Gasteiger partial charge is 0.430 e. The second-order valence-corrected chi connectivity index (χ2v) is 4.97. The molecule has 0 amide bonds. The van der Waals surface area contributed by atoms with Gasteiger partial charge in [-0.25, -0.2) is 0 Å². The third-order valence-corrected chi connectivity index (χ3v) is 3.33. The number of benzene rings is 1. The Labute approximate surface area is 130 Å². The van der Waals surface area contributed by atoms with Crippen molar-refractivity contribution >= 4 is 34.7 Å². The summed E-state index contributed by atoms with van der Waals surface area (Å²) >= 11 is 11.7. The van der Waals surface area contributed by atoms with Gasteiger partial charge in [-0.2, -0.15) is 4.98 Å². The predicted octanol–water partition coefficient (Wildman–Crippen LogP) is 4.23. The summed E-state index contributed by atoms with van der Waals surface area (Å²) in [5.74, 6) is 0.0307. The number of pyridine rings is 1. The lowest BCUT2D eigenvalue weighted by molar-refractivity contribution is -0.385. The molecule has 1 aromatic heterocycles. The lowest BCUT2D eigenvalue weighted by Crippen LogP contribution is -1.99. The topological polar surface area (TPSA) is 91.3 Å². The van der Waals surface area contributed by atoms with E-state index in [0.29, 0.717) is 6.42 Å². The minimum atomic E-state index is -0.526. The number of nitrogen functional groups attached to an aromatic ring is 1. The summed E-state index contributed by atoms with van der Waals surface area (Å²) in [5, 5.41) is 11.4. The fourth-order valence-electron chi connectivity index (χ4n) is 1.65. The van der Waals surface area contributed by atoms with E-state index < -0.39 is 4.92 Å². The number of hydrogen-bond acceptors (Lipinski definition) is 5. The Balaban J connectivity index is 2.44. The van der Waals surface area contributed by atoms with Crippen molar-refractivity contribution in [1.82, 2.24) is 4.98 Å². The smallest absolute Gasteiger partial charge is 0.311 e. The van der Waals surface area contributed by atoms with Crippen LogP contribution in [0.3, 0.4) is 0 Å². The van der Waals surface area contributed by atoms with Crippen LogP contribution >= 0.6 is 23.2 Å². The number of nitrogens with two attached hydrogens (primary N) is 1. The Morgan fingerprint density at radius 3 is 2.67 bits per heavy atom. The SMILES string of the molecule is CCc1ccc(Oc2nc(N)c(Cl)cc2Cl)c([N+](=O)[O-])c1. The molecule has 0 spiro atoms. The van der Waals surface area contributed by atoms with Crippen LogP contribution in [0.15, 0.2) is 24.3 Å². The summed E-state index contributed by atoms with van der Waals surface area (Å²) < 4.78 is 5.41. The minimum absolute atomic E-state index is 0.0314. The maximum Gasteiger partial charge on any atom is 0.311 e. The van der Waals surface area contributed by atoms with Gasteiger partial charge in [0, 0.05) is 6.07 Å². The van der Waals surface area contributed by atoms with Crippen LogP contribution in [0.2, 0.25) is 10.0 Å². The molecule has 0 fully saturated rings. The Hall–Kier alpha value is -2.05. The maximum absolute atomic E-state index is 11.1. The van der Waals surface area contributed by atoms with Crippen molar-refractivity contribution in [3.8, 4) is 11.6 Å². The quantitative estimate of drug-likeness (QED) is 0.670. The van der Waals surface area contributed by atoms with Crippen LogP contribution in [0.1, 0.15) is 12.5 Å². The molecule has 1 heterocycles. The van der Waals surface area contributed by atoms with E-state index in [1.54, 1.807) is 6.07 Å². The number of rotatable bonds is 4. The zero-order valence-corrected chi connectivity index (χ0v) is 12.5. The summed E-state index contributed by atoms with van der Waals surface area (Å²) in [4.78, 5) is 14.5. The molecule has 0 unspecified atom stereocenters. The van der Waals surface area contributed by atoms with Crippen molar-refractivity contribution in [3.05, 3.63) is 50.0 Å². The van der Waals surface area contributed by atoms with Crippen molar-refractivity contribution in [1.29, 1.82) is 0 Å². The molecule has 0 radical (unpaired) electrons. The molecule has 0 saturated heterocycles. The molecule has 21 heavy (non-hydrogen) atoms. The van der Waals surface area contributed by atoms with Crippen LogP contribution in [0, 0.1) is 10.1 Å². The van der Waals surface area contributed by atoms with Gasteiger partial charge in [-0.15, -0.1) is 0 Å².